The maximum atomic E-state index is 9.68. The molecule has 1 aliphatic heterocycles. The summed E-state index contributed by atoms with van der Waals surface area (Å²) in [6.07, 6.45) is 2.33. The molecule has 2 heteroatoms. The van der Waals surface area contributed by atoms with Gasteiger partial charge in [0.2, 0.25) is 0 Å². The third kappa shape index (κ3) is 0.871. The van der Waals surface area contributed by atoms with Crippen LogP contribution in [0.2, 0.25) is 0 Å². The summed E-state index contributed by atoms with van der Waals surface area (Å²) in [5.74, 6) is 0. The van der Waals surface area contributed by atoms with E-state index in [1.54, 1.807) is 6.08 Å². The van der Waals surface area contributed by atoms with Crippen LogP contribution in [0.5, 0.6) is 0 Å². The van der Waals surface area contributed by atoms with Gasteiger partial charge in [-0.25, -0.2) is 0 Å². The van der Waals surface area contributed by atoms with Gasteiger partial charge >= 0.3 is 0 Å². The number of hydrogen-bond acceptors (Lipinski definition) is 2. The molecule has 0 aromatic rings. The normalized spacial score (nSPS) is 18.0. The molecule has 0 aliphatic carbocycles. The second-order valence-electron chi connectivity index (χ2n) is 1.45. The summed E-state index contributed by atoms with van der Waals surface area (Å²) in [6.45, 7) is 1.30. The van der Waals surface area contributed by atoms with Gasteiger partial charge in [0.05, 0.1) is 13.2 Å². The van der Waals surface area contributed by atoms with Crippen LogP contribution in [0.3, 0.4) is 0 Å². The molecular weight excluding hydrogens is 92.1 g/mol. The molecule has 0 N–H and O–H groups in total. The Labute approximate surface area is 41.8 Å². The minimum atomic E-state index is 0.652. The maximum Gasteiger partial charge on any atom is 0.142 e. The highest BCUT2D eigenvalue weighted by Crippen LogP contribution is 2.05. The second kappa shape index (κ2) is 1.89. The molecule has 38 valence electrons. The molecule has 1 rings (SSSR count). The van der Waals surface area contributed by atoms with Crippen molar-refractivity contribution < 1.29 is 9.53 Å². The molecule has 0 unspecified atom stereocenters. The molecule has 0 aromatic heterocycles. The zero-order valence-electron chi connectivity index (χ0n) is 3.89. The van der Waals surface area contributed by atoms with E-state index in [9.17, 15) is 4.79 Å². The Kier molecular flexibility index (Phi) is 1.22. The van der Waals surface area contributed by atoms with E-state index in [4.69, 9.17) is 4.74 Å². The van der Waals surface area contributed by atoms with Crippen LogP contribution in [-0.2, 0) is 9.53 Å². The Morgan fingerprint density at radius 2 is 2.29 bits per heavy atom. The number of rotatable bonds is 1. The number of carbonyl (C=O) groups is 1. The van der Waals surface area contributed by atoms with Crippen molar-refractivity contribution >= 4 is 6.29 Å². The molecule has 0 radical (unpaired) electrons. The monoisotopic (exact) mass is 98.0 g/mol. The molecule has 2 nitrogen and oxygen atoms in total. The molecule has 0 bridgehead atoms. The highest BCUT2D eigenvalue weighted by Gasteiger charge is 2.05. The summed E-state index contributed by atoms with van der Waals surface area (Å²) in [6, 6.07) is 0. The van der Waals surface area contributed by atoms with E-state index in [0.29, 0.717) is 13.2 Å². The molecule has 7 heavy (non-hydrogen) atoms. The fraction of sp³-hybridized carbons (Fsp3) is 0.400. The summed E-state index contributed by atoms with van der Waals surface area (Å²) < 4.78 is 4.76. The van der Waals surface area contributed by atoms with Crippen molar-refractivity contribution in [3.05, 3.63) is 11.6 Å². The number of ether oxygens (including phenoxy) is 1. The van der Waals surface area contributed by atoms with E-state index in [1.807, 2.05) is 0 Å². The van der Waals surface area contributed by atoms with Crippen LogP contribution in [0.1, 0.15) is 0 Å². The predicted octanol–water partition coefficient (Wildman–Crippen LogP) is 0.142. The van der Waals surface area contributed by atoms with E-state index in [-0.39, 0.29) is 0 Å². The lowest BCUT2D eigenvalue weighted by Gasteiger charge is -2.15. The molecule has 0 spiro atoms. The van der Waals surface area contributed by atoms with Crippen LogP contribution in [0.4, 0.5) is 0 Å². The first kappa shape index (κ1) is 4.53. The van der Waals surface area contributed by atoms with Crippen molar-refractivity contribution in [2.45, 2.75) is 0 Å². The van der Waals surface area contributed by atoms with Crippen LogP contribution < -0.4 is 0 Å². The van der Waals surface area contributed by atoms with Gasteiger partial charge in [-0.15, -0.1) is 0 Å². The van der Waals surface area contributed by atoms with Gasteiger partial charge in [-0.05, 0) is 11.6 Å². The van der Waals surface area contributed by atoms with Crippen molar-refractivity contribution in [3.8, 4) is 0 Å². The number of allylic oxidation sites excluding steroid dienone is 1. The summed E-state index contributed by atoms with van der Waals surface area (Å²) in [7, 11) is 0. The van der Waals surface area contributed by atoms with Gasteiger partial charge in [0, 0.05) is 0 Å². The Hall–Kier alpha value is -0.630. The van der Waals surface area contributed by atoms with Crippen molar-refractivity contribution in [2.75, 3.05) is 13.2 Å². The van der Waals surface area contributed by atoms with E-state index in [1.165, 1.54) is 0 Å². The largest absolute Gasteiger partial charge is 0.373 e. The molecule has 0 saturated carbocycles. The topological polar surface area (TPSA) is 26.3 Å². The molecule has 0 amide bonds. The summed E-state index contributed by atoms with van der Waals surface area (Å²) in [5.41, 5.74) is 1.09. The maximum absolute atomic E-state index is 9.68. The molecule has 1 heterocycles. The standard InChI is InChI=1S/C5H6O2/c6-2-1-5-3-7-4-5/h1-2H,3-4H2. The molecule has 0 atom stereocenters. The number of hydrogen-bond donors (Lipinski definition) is 0. The van der Waals surface area contributed by atoms with E-state index < -0.39 is 0 Å². The Morgan fingerprint density at radius 3 is 2.43 bits per heavy atom. The van der Waals surface area contributed by atoms with Gasteiger partial charge in [0.1, 0.15) is 6.29 Å². The Morgan fingerprint density at radius 1 is 1.57 bits per heavy atom. The molecule has 1 fully saturated rings. The van der Waals surface area contributed by atoms with Gasteiger partial charge in [0.25, 0.3) is 0 Å². The third-order valence-corrected chi connectivity index (χ3v) is 0.879. The smallest absolute Gasteiger partial charge is 0.142 e. The average molecular weight is 98.1 g/mol. The zero-order valence-corrected chi connectivity index (χ0v) is 3.89. The van der Waals surface area contributed by atoms with Gasteiger partial charge in [-0.3, -0.25) is 4.79 Å². The second-order valence-corrected chi connectivity index (χ2v) is 1.45. The first-order valence-electron chi connectivity index (χ1n) is 2.14. The molecule has 1 aliphatic rings. The van der Waals surface area contributed by atoms with Crippen molar-refractivity contribution in [1.82, 2.24) is 0 Å². The third-order valence-electron chi connectivity index (χ3n) is 0.879. The lowest BCUT2D eigenvalue weighted by atomic mass is 10.2. The fourth-order valence-electron chi connectivity index (χ4n) is 0.412. The first-order valence-corrected chi connectivity index (χ1v) is 2.14. The Bertz CT molecular complexity index is 98.6. The quantitative estimate of drug-likeness (QED) is 0.344. The van der Waals surface area contributed by atoms with Gasteiger partial charge in [-0.1, -0.05) is 0 Å². The van der Waals surface area contributed by atoms with Crippen LogP contribution >= 0.6 is 0 Å². The van der Waals surface area contributed by atoms with E-state index >= 15 is 0 Å². The zero-order chi connectivity index (χ0) is 5.11. The fourth-order valence-corrected chi connectivity index (χ4v) is 0.412. The predicted molar refractivity (Wildman–Crippen MR) is 25.0 cm³/mol. The van der Waals surface area contributed by atoms with Crippen LogP contribution in [0, 0.1) is 0 Å². The molecular formula is C5H6O2. The minimum absolute atomic E-state index is 0.652. The van der Waals surface area contributed by atoms with Crippen LogP contribution in [0.25, 0.3) is 0 Å². The Balaban J connectivity index is 2.36. The van der Waals surface area contributed by atoms with Gasteiger partial charge in [0.15, 0.2) is 0 Å². The number of carbonyl (C=O) groups excluding carboxylic acids is 1. The SMILES string of the molecule is O=CC=C1COC1. The highest BCUT2D eigenvalue weighted by atomic mass is 16.5. The highest BCUT2D eigenvalue weighted by molar-refractivity contribution is 5.66. The van der Waals surface area contributed by atoms with Crippen molar-refractivity contribution in [1.29, 1.82) is 0 Å². The summed E-state index contributed by atoms with van der Waals surface area (Å²) in [4.78, 5) is 9.68. The molecule has 0 aromatic carbocycles. The minimum Gasteiger partial charge on any atom is -0.373 e. The number of aldehydes is 1. The van der Waals surface area contributed by atoms with Crippen molar-refractivity contribution in [3.63, 3.8) is 0 Å². The summed E-state index contributed by atoms with van der Waals surface area (Å²) >= 11 is 0. The van der Waals surface area contributed by atoms with Gasteiger partial charge in [-0.2, -0.15) is 0 Å². The molecule has 1 saturated heterocycles. The van der Waals surface area contributed by atoms with E-state index in [2.05, 4.69) is 0 Å². The first-order chi connectivity index (χ1) is 3.43. The van der Waals surface area contributed by atoms with Crippen LogP contribution in [0.15, 0.2) is 11.6 Å². The lowest BCUT2D eigenvalue weighted by molar-refractivity contribution is -0.104. The lowest BCUT2D eigenvalue weighted by Crippen LogP contribution is -2.15. The van der Waals surface area contributed by atoms with Crippen molar-refractivity contribution in [2.24, 2.45) is 0 Å². The van der Waals surface area contributed by atoms with E-state index in [0.717, 1.165) is 11.9 Å². The van der Waals surface area contributed by atoms with Gasteiger partial charge < -0.3 is 4.74 Å². The van der Waals surface area contributed by atoms with Crippen LogP contribution in [-0.4, -0.2) is 19.5 Å². The summed E-state index contributed by atoms with van der Waals surface area (Å²) in [5, 5.41) is 0. The average Bonchev–Trinajstić information content (AvgIpc) is 1.55.